The van der Waals surface area contributed by atoms with Crippen LogP contribution in [0, 0.1) is 0 Å². The molecule has 1 N–H and O–H groups in total. The molecule has 0 aromatic carbocycles. The van der Waals surface area contributed by atoms with Crippen molar-refractivity contribution in [3.63, 3.8) is 0 Å². The summed E-state index contributed by atoms with van der Waals surface area (Å²) in [5, 5.41) is 6.86. The number of rotatable bonds is 4. The molecule has 0 bridgehead atoms. The summed E-state index contributed by atoms with van der Waals surface area (Å²) in [6.45, 7) is 3.54. The largest absolute Gasteiger partial charge is 0.308 e. The normalized spacial score (nSPS) is 29.7. The molecule has 18 heavy (non-hydrogen) atoms. The van der Waals surface area contributed by atoms with Crippen LogP contribution in [-0.2, 0) is 0 Å². The zero-order valence-electron chi connectivity index (χ0n) is 11.1. The van der Waals surface area contributed by atoms with Crippen LogP contribution in [0.25, 0.3) is 0 Å². The highest BCUT2D eigenvalue weighted by molar-refractivity contribution is 8.01. The molecule has 4 heteroatoms. The minimum absolute atomic E-state index is 0.546. The van der Waals surface area contributed by atoms with Gasteiger partial charge in [0, 0.05) is 22.6 Å². The van der Waals surface area contributed by atoms with Crippen LogP contribution in [0.1, 0.15) is 44.2 Å². The molecule has 1 aromatic rings. The minimum Gasteiger partial charge on any atom is -0.308 e. The molecule has 2 aliphatic rings. The van der Waals surface area contributed by atoms with Gasteiger partial charge in [-0.1, -0.05) is 13.3 Å². The van der Waals surface area contributed by atoms with Gasteiger partial charge in [0.05, 0.1) is 4.21 Å². The fourth-order valence-corrected chi connectivity index (χ4v) is 6.37. The van der Waals surface area contributed by atoms with Crippen molar-refractivity contribution in [2.24, 2.45) is 0 Å². The first-order valence-electron chi connectivity index (χ1n) is 6.75. The van der Waals surface area contributed by atoms with Gasteiger partial charge in [-0.15, -0.1) is 23.1 Å². The molecule has 1 saturated carbocycles. The van der Waals surface area contributed by atoms with Crippen molar-refractivity contribution in [1.82, 2.24) is 5.32 Å². The van der Waals surface area contributed by atoms with Crippen molar-refractivity contribution < 1.29 is 0 Å². The molecule has 0 radical (unpaired) electrons. The molecule has 0 spiro atoms. The molecule has 2 atom stereocenters. The molecule has 1 aliphatic heterocycles. The second kappa shape index (κ2) is 5.39. The Balaban J connectivity index is 1.67. The third kappa shape index (κ3) is 2.49. The first-order chi connectivity index (χ1) is 8.72. The van der Waals surface area contributed by atoms with E-state index in [1.54, 1.807) is 5.56 Å². The zero-order chi connectivity index (χ0) is 12.6. The van der Waals surface area contributed by atoms with Crippen molar-refractivity contribution in [3.05, 3.63) is 17.0 Å². The summed E-state index contributed by atoms with van der Waals surface area (Å²) in [5.41, 5.74) is 1.55. The summed E-state index contributed by atoms with van der Waals surface area (Å²) in [7, 11) is 0. The number of nitrogens with one attached hydrogen (secondary N) is 1. The number of thioether (sulfide) groups is 2. The highest BCUT2D eigenvalue weighted by atomic mass is 32.2. The maximum absolute atomic E-state index is 3.86. The summed E-state index contributed by atoms with van der Waals surface area (Å²) in [5.74, 6) is 0. The Morgan fingerprint density at radius 1 is 1.50 bits per heavy atom. The van der Waals surface area contributed by atoms with Crippen LogP contribution in [0.5, 0.6) is 0 Å². The predicted octanol–water partition coefficient (Wildman–Crippen LogP) is 4.55. The lowest BCUT2D eigenvalue weighted by molar-refractivity contribution is 0.325. The van der Waals surface area contributed by atoms with Crippen LogP contribution in [0.4, 0.5) is 0 Å². The Labute approximate surface area is 123 Å². The zero-order valence-corrected chi connectivity index (χ0v) is 13.5. The second-order valence-corrected chi connectivity index (χ2v) is 9.40. The van der Waals surface area contributed by atoms with Crippen molar-refractivity contribution in [1.29, 1.82) is 0 Å². The maximum atomic E-state index is 3.86. The van der Waals surface area contributed by atoms with Crippen LogP contribution in [0.3, 0.4) is 0 Å². The fraction of sp³-hybridized carbons (Fsp3) is 0.714. The minimum atomic E-state index is 0.546. The highest BCUT2D eigenvalue weighted by Gasteiger charge is 2.37. The van der Waals surface area contributed by atoms with Crippen LogP contribution in [0.2, 0.25) is 0 Å². The van der Waals surface area contributed by atoms with Crippen molar-refractivity contribution >= 4 is 34.9 Å². The topological polar surface area (TPSA) is 12.0 Å². The molecule has 0 amide bonds. The molecule has 3 rings (SSSR count). The standard InChI is InChI=1S/C14H21NS3/c1-10-8-12(11-4-7-17-13(11)18-10)15-9-14(16-2)5-3-6-14/h4,7,10,12,15H,3,5-6,8-9H2,1-2H3/t10-,12?/m0/s1. The summed E-state index contributed by atoms with van der Waals surface area (Å²) >= 11 is 6.03. The molecular formula is C14H21NS3. The van der Waals surface area contributed by atoms with E-state index in [9.17, 15) is 0 Å². The Bertz CT molecular complexity index is 405. The van der Waals surface area contributed by atoms with Crippen molar-refractivity contribution in [2.75, 3.05) is 12.8 Å². The number of fused-ring (bicyclic) bond motifs is 1. The average Bonchev–Trinajstić information content (AvgIpc) is 2.75. The quantitative estimate of drug-likeness (QED) is 0.876. The van der Waals surface area contributed by atoms with Crippen LogP contribution < -0.4 is 5.32 Å². The van der Waals surface area contributed by atoms with Gasteiger partial charge in [-0.25, -0.2) is 0 Å². The second-order valence-electron chi connectivity index (χ2n) is 5.50. The lowest BCUT2D eigenvalue weighted by Gasteiger charge is -2.42. The van der Waals surface area contributed by atoms with E-state index >= 15 is 0 Å². The molecular weight excluding hydrogens is 278 g/mol. The molecule has 2 heterocycles. The lowest BCUT2D eigenvalue weighted by atomic mass is 9.84. The Kier molecular flexibility index (Phi) is 4.00. The predicted molar refractivity (Wildman–Crippen MR) is 85.1 cm³/mol. The van der Waals surface area contributed by atoms with Crippen LogP contribution >= 0.6 is 34.9 Å². The molecule has 1 aromatic heterocycles. The van der Waals surface area contributed by atoms with E-state index in [0.717, 1.165) is 5.25 Å². The van der Waals surface area contributed by atoms with Gasteiger partial charge < -0.3 is 5.32 Å². The molecule has 100 valence electrons. The Hall–Kier alpha value is 0.360. The molecule has 1 nitrogen and oxygen atoms in total. The Morgan fingerprint density at radius 2 is 2.33 bits per heavy atom. The van der Waals surface area contributed by atoms with Crippen molar-refractivity contribution in [3.8, 4) is 0 Å². The maximum Gasteiger partial charge on any atom is 0.0649 e. The first-order valence-corrected chi connectivity index (χ1v) is 9.73. The van der Waals surface area contributed by atoms with E-state index in [2.05, 4.69) is 53.5 Å². The average molecular weight is 300 g/mol. The first kappa shape index (κ1) is 13.3. The summed E-state index contributed by atoms with van der Waals surface area (Å²) < 4.78 is 2.09. The molecule has 1 fully saturated rings. The van der Waals surface area contributed by atoms with E-state index in [1.165, 1.54) is 36.4 Å². The number of hydrogen-bond donors (Lipinski definition) is 1. The van der Waals surface area contributed by atoms with Gasteiger partial charge >= 0.3 is 0 Å². The van der Waals surface area contributed by atoms with Gasteiger partial charge in [0.1, 0.15) is 0 Å². The third-order valence-electron chi connectivity index (χ3n) is 4.28. The SMILES string of the molecule is CSC1(CNC2C[C@H](C)Sc3sccc32)CCC1. The van der Waals surface area contributed by atoms with Gasteiger partial charge in [0.15, 0.2) is 0 Å². The van der Waals surface area contributed by atoms with Gasteiger partial charge in [-0.05, 0) is 42.5 Å². The molecule has 1 unspecified atom stereocenters. The molecule has 1 aliphatic carbocycles. The number of hydrogen-bond acceptors (Lipinski definition) is 4. The Morgan fingerprint density at radius 3 is 3.00 bits per heavy atom. The van der Waals surface area contributed by atoms with Crippen LogP contribution in [0.15, 0.2) is 15.7 Å². The van der Waals surface area contributed by atoms with Gasteiger partial charge in [0.25, 0.3) is 0 Å². The van der Waals surface area contributed by atoms with Gasteiger partial charge in [-0.2, -0.15) is 11.8 Å². The fourth-order valence-electron chi connectivity index (χ4n) is 2.88. The summed E-state index contributed by atoms with van der Waals surface area (Å²) in [4.78, 5) is 0. The molecule has 0 saturated heterocycles. The summed E-state index contributed by atoms with van der Waals surface area (Å²) in [6, 6.07) is 2.91. The highest BCUT2D eigenvalue weighted by Crippen LogP contribution is 2.46. The van der Waals surface area contributed by atoms with Gasteiger partial charge in [0.2, 0.25) is 0 Å². The van der Waals surface area contributed by atoms with E-state index in [1.807, 2.05) is 11.3 Å². The van der Waals surface area contributed by atoms with E-state index in [-0.39, 0.29) is 0 Å². The monoisotopic (exact) mass is 299 g/mol. The van der Waals surface area contributed by atoms with Gasteiger partial charge in [-0.3, -0.25) is 0 Å². The van der Waals surface area contributed by atoms with Crippen LogP contribution in [-0.4, -0.2) is 22.8 Å². The van der Waals surface area contributed by atoms with E-state index in [0.29, 0.717) is 10.8 Å². The third-order valence-corrected chi connectivity index (χ3v) is 8.04. The van der Waals surface area contributed by atoms with Crippen molar-refractivity contribution in [2.45, 2.75) is 52.9 Å². The van der Waals surface area contributed by atoms with E-state index < -0.39 is 0 Å². The van der Waals surface area contributed by atoms with E-state index in [4.69, 9.17) is 0 Å². The smallest absolute Gasteiger partial charge is 0.0649 e. The summed E-state index contributed by atoms with van der Waals surface area (Å²) in [6.07, 6.45) is 7.77. The lowest BCUT2D eigenvalue weighted by Crippen LogP contribution is -2.45. The number of thiophene rings is 1.